The molecule has 0 radical (unpaired) electrons. The van der Waals surface area contributed by atoms with Crippen LogP contribution in [0, 0.1) is 11.3 Å². The largest absolute Gasteiger partial charge is 0.469 e. The predicted octanol–water partition coefficient (Wildman–Crippen LogP) is 3.52. The van der Waals surface area contributed by atoms with Gasteiger partial charge in [0.05, 0.1) is 18.2 Å². The molecular formula is C16H19F2N3O3S. The second-order valence-corrected chi connectivity index (χ2v) is 7.89. The Morgan fingerprint density at radius 3 is 2.80 bits per heavy atom. The van der Waals surface area contributed by atoms with Crippen LogP contribution in [0.2, 0.25) is 0 Å². The Morgan fingerprint density at radius 1 is 1.44 bits per heavy atom. The van der Waals surface area contributed by atoms with Crippen LogP contribution in [-0.4, -0.2) is 34.2 Å². The van der Waals surface area contributed by atoms with Gasteiger partial charge in [-0.1, -0.05) is 0 Å². The number of alkyl halides is 2. The van der Waals surface area contributed by atoms with Gasteiger partial charge in [-0.3, -0.25) is 4.79 Å². The molecule has 136 valence electrons. The number of halogens is 2. The molecule has 0 N–H and O–H groups in total. The Balaban J connectivity index is 1.64. The number of hydrogen-bond acceptors (Lipinski definition) is 7. The van der Waals surface area contributed by atoms with Gasteiger partial charge in [0.1, 0.15) is 0 Å². The zero-order valence-corrected chi connectivity index (χ0v) is 15.0. The fourth-order valence-electron chi connectivity index (χ4n) is 2.86. The number of hydrogen-bond donors (Lipinski definition) is 0. The average molecular weight is 371 g/mol. The number of carbonyl (C=O) groups is 1. The van der Waals surface area contributed by atoms with Crippen LogP contribution >= 0.6 is 11.3 Å². The minimum atomic E-state index is -2.52. The van der Waals surface area contributed by atoms with Crippen LogP contribution in [-0.2, 0) is 22.4 Å². The van der Waals surface area contributed by atoms with Crippen molar-refractivity contribution < 1.29 is 22.7 Å². The summed E-state index contributed by atoms with van der Waals surface area (Å²) in [4.78, 5) is 16.1. The van der Waals surface area contributed by atoms with Crippen LogP contribution in [0.1, 0.15) is 38.3 Å². The van der Waals surface area contributed by atoms with E-state index in [2.05, 4.69) is 15.2 Å². The monoisotopic (exact) mass is 371 g/mol. The number of carbonyl (C=O) groups excluding carboxylic acids is 1. The first-order valence-electron chi connectivity index (χ1n) is 7.92. The highest BCUT2D eigenvalue weighted by Crippen LogP contribution is 2.44. The minimum Gasteiger partial charge on any atom is -0.469 e. The molecule has 2 heterocycles. The molecule has 0 unspecified atom stereocenters. The molecule has 0 amide bonds. The molecule has 0 atom stereocenters. The van der Waals surface area contributed by atoms with Gasteiger partial charge in [-0.25, -0.2) is 13.8 Å². The molecule has 0 aliphatic heterocycles. The van der Waals surface area contributed by atoms with Gasteiger partial charge in [0.15, 0.2) is 5.01 Å². The van der Waals surface area contributed by atoms with Crippen molar-refractivity contribution in [3.63, 3.8) is 0 Å². The van der Waals surface area contributed by atoms with Crippen molar-refractivity contribution in [1.29, 1.82) is 0 Å². The summed E-state index contributed by atoms with van der Waals surface area (Å²) < 4.78 is 36.1. The lowest BCUT2D eigenvalue weighted by Crippen LogP contribution is -2.36. The van der Waals surface area contributed by atoms with Crippen LogP contribution in [0.15, 0.2) is 9.80 Å². The number of esters is 1. The van der Waals surface area contributed by atoms with E-state index >= 15 is 0 Å². The molecule has 25 heavy (non-hydrogen) atoms. The van der Waals surface area contributed by atoms with E-state index in [1.54, 1.807) is 13.8 Å². The molecule has 0 spiro atoms. The minimum absolute atomic E-state index is 0.0240. The Bertz CT molecular complexity index is 764. The molecule has 1 fully saturated rings. The molecular weight excluding hydrogens is 352 g/mol. The number of ether oxygens (including phenoxy) is 1. The molecule has 9 heteroatoms. The first kappa shape index (κ1) is 17.9. The number of nitrogens with zero attached hydrogens (tertiary/aromatic N) is 3. The fourth-order valence-corrected chi connectivity index (χ4v) is 3.61. The van der Waals surface area contributed by atoms with E-state index in [-0.39, 0.29) is 37.0 Å². The molecule has 2 aromatic rings. The summed E-state index contributed by atoms with van der Waals surface area (Å²) in [5.74, 6) is -2.31. The molecule has 2 aromatic heterocycles. The second-order valence-electron chi connectivity index (χ2n) is 7.03. The van der Waals surface area contributed by atoms with Crippen molar-refractivity contribution in [3.8, 4) is 10.9 Å². The smallest absolute Gasteiger partial charge is 0.311 e. The summed E-state index contributed by atoms with van der Waals surface area (Å²) in [5, 5.41) is 10.3. The maximum atomic E-state index is 12.9. The van der Waals surface area contributed by atoms with Gasteiger partial charge in [0.25, 0.3) is 5.89 Å². The number of methoxy groups -OCH3 is 1. The summed E-state index contributed by atoms with van der Waals surface area (Å²) in [6.45, 7) is 3.47. The maximum Gasteiger partial charge on any atom is 0.311 e. The number of rotatable bonds is 6. The lowest BCUT2D eigenvalue weighted by atomic mass is 9.79. The lowest BCUT2D eigenvalue weighted by Gasteiger charge is -2.34. The molecule has 3 rings (SSSR count). The summed E-state index contributed by atoms with van der Waals surface area (Å²) in [5.41, 5.74) is -0.0164. The van der Waals surface area contributed by atoms with Gasteiger partial charge < -0.3 is 9.15 Å². The number of thiazole rings is 1. The highest BCUT2D eigenvalue weighted by atomic mass is 32.1. The molecule has 1 aliphatic carbocycles. The highest BCUT2D eigenvalue weighted by molar-refractivity contribution is 7.13. The standard InChI is InChI=1S/C16H19F2N3O3S/c1-15(2,14(22)23-3)7-11-20-21-12(24-11)13-19-10(8-25-13)4-9-5-16(17,18)6-9/h8-9H,4-7H2,1-3H3. The second kappa shape index (κ2) is 6.44. The first-order valence-corrected chi connectivity index (χ1v) is 8.80. The van der Waals surface area contributed by atoms with Crippen LogP contribution in [0.4, 0.5) is 8.78 Å². The molecule has 0 saturated heterocycles. The number of aromatic nitrogens is 3. The van der Waals surface area contributed by atoms with E-state index in [9.17, 15) is 13.6 Å². The van der Waals surface area contributed by atoms with Gasteiger partial charge in [0, 0.05) is 24.6 Å². The normalized spacial score (nSPS) is 17.3. The van der Waals surface area contributed by atoms with E-state index in [1.165, 1.54) is 18.4 Å². The highest BCUT2D eigenvalue weighted by Gasteiger charge is 2.45. The molecule has 1 saturated carbocycles. The van der Waals surface area contributed by atoms with E-state index in [1.807, 2.05) is 5.38 Å². The van der Waals surface area contributed by atoms with Crippen LogP contribution in [0.5, 0.6) is 0 Å². The SMILES string of the molecule is COC(=O)C(C)(C)Cc1nnc(-c2nc(CC3CC(F)(F)C3)cs2)o1. The van der Waals surface area contributed by atoms with Crippen molar-refractivity contribution in [2.24, 2.45) is 11.3 Å². The van der Waals surface area contributed by atoms with Crippen LogP contribution in [0.25, 0.3) is 10.9 Å². The molecule has 1 aliphatic rings. The summed E-state index contributed by atoms with van der Waals surface area (Å²) in [6.07, 6.45) is 0.630. The zero-order chi connectivity index (χ0) is 18.2. The van der Waals surface area contributed by atoms with Gasteiger partial charge in [-0.05, 0) is 26.2 Å². The topological polar surface area (TPSA) is 78.1 Å². The third kappa shape index (κ3) is 4.02. The average Bonchev–Trinajstić information content (AvgIpc) is 3.13. The molecule has 0 bridgehead atoms. The van der Waals surface area contributed by atoms with Crippen molar-refractivity contribution in [2.45, 2.75) is 45.5 Å². The third-order valence-electron chi connectivity index (χ3n) is 4.21. The van der Waals surface area contributed by atoms with Crippen molar-refractivity contribution >= 4 is 17.3 Å². The van der Waals surface area contributed by atoms with E-state index < -0.39 is 11.3 Å². The van der Waals surface area contributed by atoms with E-state index in [0.29, 0.717) is 17.3 Å². The van der Waals surface area contributed by atoms with E-state index in [0.717, 1.165) is 5.69 Å². The molecule has 6 nitrogen and oxygen atoms in total. The van der Waals surface area contributed by atoms with Crippen molar-refractivity contribution in [3.05, 3.63) is 17.0 Å². The van der Waals surface area contributed by atoms with Gasteiger partial charge in [-0.15, -0.1) is 21.5 Å². The quantitative estimate of drug-likeness (QED) is 0.723. The van der Waals surface area contributed by atoms with Gasteiger partial charge in [-0.2, -0.15) is 0 Å². The van der Waals surface area contributed by atoms with Crippen molar-refractivity contribution in [1.82, 2.24) is 15.2 Å². The van der Waals surface area contributed by atoms with Crippen molar-refractivity contribution in [2.75, 3.05) is 7.11 Å². The Hall–Kier alpha value is -1.90. The Kier molecular flexibility index (Phi) is 4.61. The fraction of sp³-hybridized carbons (Fsp3) is 0.625. The lowest BCUT2D eigenvalue weighted by molar-refractivity contribution is -0.150. The van der Waals surface area contributed by atoms with Gasteiger partial charge >= 0.3 is 5.97 Å². The molecule has 0 aromatic carbocycles. The summed E-state index contributed by atoms with van der Waals surface area (Å²) in [7, 11) is 1.33. The van der Waals surface area contributed by atoms with E-state index in [4.69, 9.17) is 9.15 Å². The zero-order valence-electron chi connectivity index (χ0n) is 14.2. The predicted molar refractivity (Wildman–Crippen MR) is 86.3 cm³/mol. The maximum absolute atomic E-state index is 12.9. The summed E-state index contributed by atoms with van der Waals surface area (Å²) >= 11 is 1.33. The van der Waals surface area contributed by atoms with Crippen LogP contribution in [0.3, 0.4) is 0 Å². The first-order chi connectivity index (χ1) is 11.7. The Labute approximate surface area is 147 Å². The Morgan fingerprint density at radius 2 is 2.16 bits per heavy atom. The van der Waals surface area contributed by atoms with Crippen LogP contribution < -0.4 is 0 Å². The summed E-state index contributed by atoms with van der Waals surface area (Å²) in [6, 6.07) is 0. The third-order valence-corrected chi connectivity index (χ3v) is 5.08. The van der Waals surface area contributed by atoms with Gasteiger partial charge in [0.2, 0.25) is 11.8 Å².